The van der Waals surface area contributed by atoms with Gasteiger partial charge >= 0.3 is 0 Å². The summed E-state index contributed by atoms with van der Waals surface area (Å²) < 4.78 is 5.76. The summed E-state index contributed by atoms with van der Waals surface area (Å²) >= 11 is 0. The second kappa shape index (κ2) is 10.2. The van der Waals surface area contributed by atoms with Crippen molar-refractivity contribution >= 4 is 17.5 Å². The summed E-state index contributed by atoms with van der Waals surface area (Å²) in [6.07, 6.45) is 0.450. The fourth-order valence-electron chi connectivity index (χ4n) is 3.53. The summed E-state index contributed by atoms with van der Waals surface area (Å²) in [6.45, 7) is 8.86. The maximum Gasteiger partial charge on any atom is 0.269 e. The average Bonchev–Trinajstić information content (AvgIpc) is 2.71. The number of nitrogens with zero attached hydrogens (tertiary/aromatic N) is 1. The number of aryl methyl sites for hydroxylation is 1. The van der Waals surface area contributed by atoms with Crippen LogP contribution in [0.15, 0.2) is 48.5 Å². The number of morpholine rings is 1. The van der Waals surface area contributed by atoms with E-state index in [4.69, 9.17) is 4.74 Å². The van der Waals surface area contributed by atoms with Crippen molar-refractivity contribution in [2.24, 2.45) is 0 Å². The van der Waals surface area contributed by atoms with Crippen molar-refractivity contribution in [1.82, 2.24) is 15.8 Å². The van der Waals surface area contributed by atoms with Crippen LogP contribution in [0.25, 0.3) is 0 Å². The molecule has 1 aliphatic heterocycles. The van der Waals surface area contributed by atoms with E-state index in [0.29, 0.717) is 5.56 Å². The first-order valence-corrected chi connectivity index (χ1v) is 10.3. The van der Waals surface area contributed by atoms with E-state index in [1.54, 1.807) is 12.1 Å². The number of ether oxygens (including phenoxy) is 1. The molecule has 160 valence electrons. The molecule has 2 amide bonds. The second-order valence-corrected chi connectivity index (χ2v) is 7.87. The third kappa shape index (κ3) is 6.57. The molecule has 3 rings (SSSR count). The minimum Gasteiger partial charge on any atom is -0.376 e. The summed E-state index contributed by atoms with van der Waals surface area (Å²) in [5.41, 5.74) is 8.51. The monoisotopic (exact) mass is 410 g/mol. The number of nitrogens with one attached hydrogen (secondary N) is 3. The lowest BCUT2D eigenvalue weighted by Crippen LogP contribution is -2.44. The number of hydrogen-bond acceptors (Lipinski definition) is 5. The van der Waals surface area contributed by atoms with Crippen LogP contribution in [0.4, 0.5) is 5.69 Å². The number of carbonyl (C=O) groups is 2. The number of carbonyl (C=O) groups excluding carboxylic acids is 2. The topological polar surface area (TPSA) is 82.7 Å². The summed E-state index contributed by atoms with van der Waals surface area (Å²) in [5, 5.41) is 3.01. The average molecular weight is 411 g/mol. The fourth-order valence-corrected chi connectivity index (χ4v) is 3.53. The molecule has 1 aliphatic rings. The minimum atomic E-state index is -0.348. The molecule has 2 atom stereocenters. The molecule has 1 saturated heterocycles. The number of hydrazine groups is 1. The van der Waals surface area contributed by atoms with Crippen molar-refractivity contribution < 1.29 is 14.3 Å². The Kier molecular flexibility index (Phi) is 7.43. The van der Waals surface area contributed by atoms with E-state index < -0.39 is 0 Å². The van der Waals surface area contributed by atoms with E-state index in [2.05, 4.69) is 34.9 Å². The lowest BCUT2D eigenvalue weighted by molar-refractivity contribution is -0.120. The molecule has 0 bridgehead atoms. The van der Waals surface area contributed by atoms with Crippen LogP contribution in [-0.2, 0) is 16.1 Å². The molecule has 0 saturated carbocycles. The lowest BCUT2D eigenvalue weighted by atomic mass is 10.1. The maximum atomic E-state index is 12.3. The third-order valence-electron chi connectivity index (χ3n) is 4.94. The molecule has 0 aliphatic carbocycles. The van der Waals surface area contributed by atoms with Gasteiger partial charge in [-0.25, -0.2) is 0 Å². The molecule has 1 heterocycles. The zero-order chi connectivity index (χ0) is 21.5. The van der Waals surface area contributed by atoms with Crippen LogP contribution >= 0.6 is 0 Å². The molecular weight excluding hydrogens is 380 g/mol. The molecule has 3 N–H and O–H groups in total. The number of benzene rings is 2. The maximum absolute atomic E-state index is 12.3. The van der Waals surface area contributed by atoms with Gasteiger partial charge in [-0.15, -0.1) is 0 Å². The second-order valence-electron chi connectivity index (χ2n) is 7.87. The van der Waals surface area contributed by atoms with E-state index in [-0.39, 0.29) is 30.6 Å². The molecule has 0 spiro atoms. The molecular formula is C23H30N4O3. The zero-order valence-electron chi connectivity index (χ0n) is 17.8. The molecule has 2 unspecified atom stereocenters. The summed E-state index contributed by atoms with van der Waals surface area (Å²) in [6, 6.07) is 15.2. The van der Waals surface area contributed by atoms with Crippen LogP contribution in [0.5, 0.6) is 0 Å². The van der Waals surface area contributed by atoms with Gasteiger partial charge in [-0.05, 0) is 50.6 Å². The molecule has 7 heteroatoms. The van der Waals surface area contributed by atoms with Crippen LogP contribution in [0.1, 0.15) is 35.3 Å². The van der Waals surface area contributed by atoms with Crippen molar-refractivity contribution in [3.63, 3.8) is 0 Å². The highest BCUT2D eigenvalue weighted by molar-refractivity contribution is 5.95. The van der Waals surface area contributed by atoms with Gasteiger partial charge in [-0.1, -0.05) is 29.8 Å². The molecule has 2 aromatic carbocycles. The molecule has 1 fully saturated rings. The number of rotatable bonds is 6. The van der Waals surface area contributed by atoms with Gasteiger partial charge in [0.1, 0.15) is 0 Å². The number of amides is 2. The minimum absolute atomic E-state index is 0.0681. The number of hydrogen-bond donors (Lipinski definition) is 3. The summed E-state index contributed by atoms with van der Waals surface area (Å²) in [4.78, 5) is 26.6. The van der Waals surface area contributed by atoms with Gasteiger partial charge in [0, 0.05) is 30.9 Å². The fraction of sp³-hybridized carbons (Fsp3) is 0.391. The van der Waals surface area contributed by atoms with E-state index in [0.717, 1.165) is 36.4 Å². The first kappa shape index (κ1) is 21.8. The smallest absolute Gasteiger partial charge is 0.269 e. The predicted molar refractivity (Wildman–Crippen MR) is 117 cm³/mol. The highest BCUT2D eigenvalue weighted by Gasteiger charge is 2.22. The standard InChI is InChI=1S/C23H30N4O3/c1-16-4-10-21(11-5-16)24-12-22(28)25-26-23(29)20-8-6-19(7-9-20)15-27-13-17(2)30-18(3)14-27/h4-11,17-18,24H,12-15H2,1-3H3,(H,25,28)(H,26,29). The Balaban J connectivity index is 1.42. The quantitative estimate of drug-likeness (QED) is 0.638. The van der Waals surface area contributed by atoms with Crippen molar-refractivity contribution in [2.45, 2.75) is 39.5 Å². The largest absolute Gasteiger partial charge is 0.376 e. The highest BCUT2D eigenvalue weighted by Crippen LogP contribution is 2.15. The lowest BCUT2D eigenvalue weighted by Gasteiger charge is -2.35. The van der Waals surface area contributed by atoms with Crippen LogP contribution < -0.4 is 16.2 Å². The van der Waals surface area contributed by atoms with Gasteiger partial charge in [0.05, 0.1) is 18.8 Å². The van der Waals surface area contributed by atoms with E-state index >= 15 is 0 Å². The Morgan fingerprint density at radius 2 is 1.60 bits per heavy atom. The van der Waals surface area contributed by atoms with Gasteiger partial charge in [0.25, 0.3) is 11.8 Å². The summed E-state index contributed by atoms with van der Waals surface area (Å²) in [7, 11) is 0. The molecule has 30 heavy (non-hydrogen) atoms. The van der Waals surface area contributed by atoms with Crippen molar-refractivity contribution in [2.75, 3.05) is 25.0 Å². The molecule has 7 nitrogen and oxygen atoms in total. The van der Waals surface area contributed by atoms with Crippen LogP contribution in [0, 0.1) is 6.92 Å². The van der Waals surface area contributed by atoms with Crippen LogP contribution in [-0.4, -0.2) is 48.6 Å². The van der Waals surface area contributed by atoms with E-state index in [1.807, 2.05) is 43.3 Å². The zero-order valence-corrected chi connectivity index (χ0v) is 17.8. The Hall–Kier alpha value is -2.90. The van der Waals surface area contributed by atoms with E-state index in [9.17, 15) is 9.59 Å². The first-order valence-electron chi connectivity index (χ1n) is 10.3. The van der Waals surface area contributed by atoms with Crippen molar-refractivity contribution in [3.05, 3.63) is 65.2 Å². The van der Waals surface area contributed by atoms with Crippen LogP contribution in [0.3, 0.4) is 0 Å². The summed E-state index contributed by atoms with van der Waals surface area (Å²) in [5.74, 6) is -0.671. The normalized spacial score (nSPS) is 19.2. The molecule has 2 aromatic rings. The molecule has 0 radical (unpaired) electrons. The Bertz CT molecular complexity index is 842. The SMILES string of the molecule is Cc1ccc(NCC(=O)NNC(=O)c2ccc(CN3CC(C)OC(C)C3)cc2)cc1. The van der Waals surface area contributed by atoms with Gasteiger partial charge < -0.3 is 10.1 Å². The Morgan fingerprint density at radius 3 is 2.23 bits per heavy atom. The van der Waals surface area contributed by atoms with Gasteiger partial charge in [-0.3, -0.25) is 25.3 Å². The Morgan fingerprint density at radius 1 is 0.967 bits per heavy atom. The number of anilines is 1. The van der Waals surface area contributed by atoms with Gasteiger partial charge in [-0.2, -0.15) is 0 Å². The van der Waals surface area contributed by atoms with Crippen molar-refractivity contribution in [1.29, 1.82) is 0 Å². The highest BCUT2D eigenvalue weighted by atomic mass is 16.5. The third-order valence-corrected chi connectivity index (χ3v) is 4.94. The predicted octanol–water partition coefficient (Wildman–Crippen LogP) is 2.48. The van der Waals surface area contributed by atoms with E-state index in [1.165, 1.54) is 0 Å². The Labute approximate surface area is 177 Å². The van der Waals surface area contributed by atoms with Gasteiger partial charge in [0.15, 0.2) is 0 Å². The molecule has 0 aromatic heterocycles. The first-order chi connectivity index (χ1) is 14.4. The van der Waals surface area contributed by atoms with Crippen molar-refractivity contribution in [3.8, 4) is 0 Å². The van der Waals surface area contributed by atoms with Gasteiger partial charge in [0.2, 0.25) is 0 Å². The van der Waals surface area contributed by atoms with Crippen LogP contribution in [0.2, 0.25) is 0 Å².